The summed E-state index contributed by atoms with van der Waals surface area (Å²) in [7, 11) is 0. The maximum Gasteiger partial charge on any atom is 0.335 e. The first-order valence-corrected chi connectivity index (χ1v) is 20.9. The molecule has 0 aliphatic carbocycles. The Balaban J connectivity index is 0. The van der Waals surface area contributed by atoms with Gasteiger partial charge in [0.1, 0.15) is 0 Å². The van der Waals surface area contributed by atoms with Crippen LogP contribution in [-0.4, -0.2) is 160 Å². The van der Waals surface area contributed by atoms with Gasteiger partial charge in [-0.25, -0.2) is 28.8 Å². The Labute approximate surface area is 414 Å². The maximum absolute atomic E-state index is 10.2. The van der Waals surface area contributed by atoms with Crippen molar-refractivity contribution in [2.45, 2.75) is 0 Å². The van der Waals surface area contributed by atoms with E-state index in [0.29, 0.717) is 33.4 Å². The molecule has 0 aliphatic rings. The topological polar surface area (TPSA) is 386 Å². The SMILES string of the molecule is O=C(O)c1ccccc1.O=C(O)c1ccccc1.O=C(O)c1ccccc1.O=C(O)c1ccccc1.O=C(O)c1ccccc1.O=C(O)c1ccccc1.OCC(CO)(CO)CO.OCC(CO)(CO)CO. The molecular formula is C52H60O20. The second-order valence-corrected chi connectivity index (χ2v) is 14.3. The van der Waals surface area contributed by atoms with E-state index in [-0.39, 0.29) is 0 Å². The Hall–Kier alpha value is -8.18. The van der Waals surface area contributed by atoms with Gasteiger partial charge in [0, 0.05) is 0 Å². The van der Waals surface area contributed by atoms with Crippen LogP contribution < -0.4 is 0 Å². The van der Waals surface area contributed by atoms with Gasteiger partial charge in [-0.3, -0.25) is 0 Å². The highest BCUT2D eigenvalue weighted by Gasteiger charge is 2.27. The molecule has 0 atom stereocenters. The van der Waals surface area contributed by atoms with E-state index in [2.05, 4.69) is 0 Å². The Morgan fingerprint density at radius 2 is 0.319 bits per heavy atom. The molecule has 14 N–H and O–H groups in total. The second kappa shape index (κ2) is 39.6. The van der Waals surface area contributed by atoms with Gasteiger partial charge in [-0.15, -0.1) is 0 Å². The Kier molecular flexibility index (Phi) is 36.3. The van der Waals surface area contributed by atoms with E-state index in [1.165, 1.54) is 0 Å². The fourth-order valence-corrected chi connectivity index (χ4v) is 4.08. The number of hydrogen-bond donors (Lipinski definition) is 14. The van der Waals surface area contributed by atoms with E-state index in [1.807, 2.05) is 0 Å². The largest absolute Gasteiger partial charge is 0.478 e. The number of carboxylic acids is 6. The smallest absolute Gasteiger partial charge is 0.335 e. The van der Waals surface area contributed by atoms with E-state index < -0.39 is 99.5 Å². The minimum atomic E-state index is -1.11. The van der Waals surface area contributed by atoms with Crippen LogP contribution in [0.2, 0.25) is 0 Å². The summed E-state index contributed by atoms with van der Waals surface area (Å²) >= 11 is 0. The van der Waals surface area contributed by atoms with Crippen LogP contribution in [0, 0.1) is 10.8 Å². The number of hydrogen-bond acceptors (Lipinski definition) is 14. The van der Waals surface area contributed by atoms with Crippen LogP contribution in [0.1, 0.15) is 62.1 Å². The Morgan fingerprint density at radius 3 is 0.361 bits per heavy atom. The summed E-state index contributed by atoms with van der Waals surface area (Å²) in [6, 6.07) is 49.8. The van der Waals surface area contributed by atoms with Crippen molar-refractivity contribution in [2.75, 3.05) is 52.9 Å². The first-order chi connectivity index (χ1) is 34.3. The Bertz CT molecular complexity index is 1910. The molecule has 0 spiro atoms. The zero-order valence-corrected chi connectivity index (χ0v) is 38.7. The lowest BCUT2D eigenvalue weighted by Crippen LogP contribution is -2.37. The number of carboxylic acid groups (broad SMARTS) is 6. The number of rotatable bonds is 14. The van der Waals surface area contributed by atoms with Crippen LogP contribution in [0.5, 0.6) is 0 Å². The van der Waals surface area contributed by atoms with E-state index >= 15 is 0 Å². The molecule has 0 saturated carbocycles. The lowest BCUT2D eigenvalue weighted by molar-refractivity contribution is -0.0332. The van der Waals surface area contributed by atoms with Crippen molar-refractivity contribution in [1.82, 2.24) is 0 Å². The third-order valence-corrected chi connectivity index (χ3v) is 8.81. The monoisotopic (exact) mass is 1000 g/mol. The third-order valence-electron chi connectivity index (χ3n) is 8.81. The van der Waals surface area contributed by atoms with Crippen LogP contribution in [-0.2, 0) is 0 Å². The van der Waals surface area contributed by atoms with Gasteiger partial charge in [-0.05, 0) is 72.8 Å². The molecule has 0 fully saturated rings. The van der Waals surface area contributed by atoms with Gasteiger partial charge in [-0.1, -0.05) is 109 Å². The fourth-order valence-electron chi connectivity index (χ4n) is 4.08. The molecule has 72 heavy (non-hydrogen) atoms. The minimum Gasteiger partial charge on any atom is -0.478 e. The van der Waals surface area contributed by atoms with E-state index in [4.69, 9.17) is 71.5 Å². The van der Waals surface area contributed by atoms with E-state index in [0.717, 1.165) is 0 Å². The highest BCUT2D eigenvalue weighted by atomic mass is 16.4. The normalized spacial score (nSPS) is 9.67. The van der Waals surface area contributed by atoms with Crippen LogP contribution in [0.25, 0.3) is 0 Å². The molecule has 0 unspecified atom stereocenters. The van der Waals surface area contributed by atoms with Crippen molar-refractivity contribution in [3.63, 3.8) is 0 Å². The van der Waals surface area contributed by atoms with Crippen molar-refractivity contribution < 1.29 is 100 Å². The predicted molar refractivity (Wildman–Crippen MR) is 262 cm³/mol. The molecule has 6 rings (SSSR count). The number of aliphatic hydroxyl groups is 8. The van der Waals surface area contributed by atoms with Crippen molar-refractivity contribution in [2.24, 2.45) is 10.8 Å². The van der Waals surface area contributed by atoms with Gasteiger partial charge in [-0.2, -0.15) is 0 Å². The standard InChI is InChI=1S/6C7H6O2.2C5H12O4/c6*8-7(9)6-4-2-1-3-5-6;2*6-1-5(2-7,3-8)4-9/h6*1-5H,(H,8,9);2*6-9H,1-4H2. The average Bonchev–Trinajstić information content (AvgIpc) is 3.43. The molecule has 6 aromatic rings. The molecule has 0 bridgehead atoms. The zero-order chi connectivity index (χ0) is 54.8. The molecule has 20 heteroatoms. The van der Waals surface area contributed by atoms with E-state index in [9.17, 15) is 28.8 Å². The fraction of sp³-hybridized carbons (Fsp3) is 0.192. The van der Waals surface area contributed by atoms with Gasteiger partial charge in [0.25, 0.3) is 0 Å². The van der Waals surface area contributed by atoms with Gasteiger partial charge in [0.05, 0.1) is 97.1 Å². The molecule has 0 saturated heterocycles. The number of carbonyl (C=O) groups is 6. The maximum atomic E-state index is 10.2. The van der Waals surface area contributed by atoms with Crippen LogP contribution >= 0.6 is 0 Å². The van der Waals surface area contributed by atoms with Crippen LogP contribution in [0.3, 0.4) is 0 Å². The summed E-state index contributed by atoms with van der Waals surface area (Å²) in [4.78, 5) is 61.2. The number of aromatic carboxylic acids is 6. The van der Waals surface area contributed by atoms with Gasteiger partial charge in [0.15, 0.2) is 0 Å². The molecule has 0 amide bonds. The molecule has 0 aromatic heterocycles. The number of aliphatic hydroxyl groups excluding tert-OH is 8. The molecule has 20 nitrogen and oxygen atoms in total. The van der Waals surface area contributed by atoms with Crippen molar-refractivity contribution in [3.05, 3.63) is 215 Å². The highest BCUT2D eigenvalue weighted by molar-refractivity contribution is 5.89. The van der Waals surface area contributed by atoms with Crippen molar-refractivity contribution >= 4 is 35.8 Å². The second-order valence-electron chi connectivity index (χ2n) is 14.3. The number of benzene rings is 6. The van der Waals surface area contributed by atoms with Crippen LogP contribution in [0.4, 0.5) is 0 Å². The van der Waals surface area contributed by atoms with Crippen LogP contribution in [0.15, 0.2) is 182 Å². The molecule has 0 aliphatic heterocycles. The summed E-state index contributed by atoms with van der Waals surface area (Å²) in [6.45, 7) is -3.25. The summed E-state index contributed by atoms with van der Waals surface area (Å²) in [5.74, 6) is -5.27. The van der Waals surface area contributed by atoms with Crippen molar-refractivity contribution in [1.29, 1.82) is 0 Å². The molecule has 388 valence electrons. The van der Waals surface area contributed by atoms with Crippen molar-refractivity contribution in [3.8, 4) is 0 Å². The molecule has 0 radical (unpaired) electrons. The van der Waals surface area contributed by atoms with E-state index in [1.54, 1.807) is 182 Å². The Morgan fingerprint density at radius 1 is 0.222 bits per heavy atom. The lowest BCUT2D eigenvalue weighted by atomic mass is 9.93. The summed E-state index contributed by atoms with van der Waals surface area (Å²) in [6.07, 6.45) is 0. The van der Waals surface area contributed by atoms with Gasteiger partial charge in [0.2, 0.25) is 0 Å². The summed E-state index contributed by atoms with van der Waals surface area (Å²) < 4.78 is 0. The van der Waals surface area contributed by atoms with Gasteiger partial charge >= 0.3 is 35.8 Å². The first-order valence-electron chi connectivity index (χ1n) is 20.9. The lowest BCUT2D eigenvalue weighted by Gasteiger charge is -2.23. The highest BCUT2D eigenvalue weighted by Crippen LogP contribution is 2.13. The summed E-state index contributed by atoms with van der Waals surface area (Å²) in [5, 5.41) is 118. The first kappa shape index (κ1) is 65.9. The summed E-state index contributed by atoms with van der Waals surface area (Å²) in [5.41, 5.74) is -0.236. The quantitative estimate of drug-likeness (QED) is 0.0727. The molecular weight excluding hydrogens is 945 g/mol. The average molecular weight is 1010 g/mol. The minimum absolute atomic E-state index is 0.331. The zero-order valence-electron chi connectivity index (χ0n) is 38.7. The predicted octanol–water partition coefficient (Wildman–Crippen LogP) is 4.19. The third kappa shape index (κ3) is 29.7. The molecule has 6 aromatic carbocycles. The molecule has 0 heterocycles. The van der Waals surface area contributed by atoms with Gasteiger partial charge < -0.3 is 71.5 Å².